The molecule has 34 heavy (non-hydrogen) atoms. The highest BCUT2D eigenvalue weighted by Gasteiger charge is 2.27. The predicted molar refractivity (Wildman–Crippen MR) is 137 cm³/mol. The summed E-state index contributed by atoms with van der Waals surface area (Å²) < 4.78 is 14.6. The molecule has 0 radical (unpaired) electrons. The van der Waals surface area contributed by atoms with E-state index in [2.05, 4.69) is 54.3 Å². The zero-order valence-corrected chi connectivity index (χ0v) is 19.8. The molecule has 0 bridgehead atoms. The molecule has 0 saturated heterocycles. The Labute approximate surface area is 199 Å². The molecule has 1 aliphatic heterocycles. The Bertz CT molecular complexity index is 1480. The lowest BCUT2D eigenvalue weighted by Crippen LogP contribution is -2.21. The maximum Gasteiger partial charge on any atom is 0.125 e. The van der Waals surface area contributed by atoms with E-state index < -0.39 is 0 Å². The molecular weight excluding hydrogens is 423 g/mol. The van der Waals surface area contributed by atoms with Gasteiger partial charge in [-0.15, -0.1) is 0 Å². The van der Waals surface area contributed by atoms with Crippen LogP contribution in [-0.2, 0) is 6.42 Å². The minimum absolute atomic E-state index is 0.235. The SMILES string of the molecule is Cc1[nH]c(-c2cc(F)cc3[nH]ccc23)c(C(C)C)c1-c1ccnc2c1C=C(C1=CCNCC1)C2. The van der Waals surface area contributed by atoms with Crippen molar-refractivity contribution in [1.29, 1.82) is 0 Å². The van der Waals surface area contributed by atoms with Gasteiger partial charge in [-0.3, -0.25) is 4.98 Å². The summed E-state index contributed by atoms with van der Waals surface area (Å²) in [6, 6.07) is 7.37. The second kappa shape index (κ2) is 8.10. The van der Waals surface area contributed by atoms with E-state index >= 15 is 0 Å². The molecule has 4 heterocycles. The van der Waals surface area contributed by atoms with Gasteiger partial charge in [-0.1, -0.05) is 19.9 Å². The van der Waals surface area contributed by atoms with E-state index in [0.717, 1.165) is 59.5 Å². The highest BCUT2D eigenvalue weighted by atomic mass is 19.1. The van der Waals surface area contributed by atoms with Gasteiger partial charge in [0.2, 0.25) is 0 Å². The number of halogens is 1. The van der Waals surface area contributed by atoms with E-state index in [1.807, 2.05) is 18.5 Å². The molecule has 3 N–H and O–H groups in total. The van der Waals surface area contributed by atoms with E-state index in [4.69, 9.17) is 4.98 Å². The first kappa shape index (κ1) is 21.1. The van der Waals surface area contributed by atoms with Gasteiger partial charge in [-0.2, -0.15) is 0 Å². The molecule has 172 valence electrons. The molecule has 1 aliphatic carbocycles. The van der Waals surface area contributed by atoms with Crippen LogP contribution in [0.4, 0.5) is 4.39 Å². The van der Waals surface area contributed by atoms with Crippen molar-refractivity contribution in [2.24, 2.45) is 0 Å². The molecule has 0 amide bonds. The molecule has 6 rings (SSSR count). The predicted octanol–water partition coefficient (Wildman–Crippen LogP) is 6.66. The van der Waals surface area contributed by atoms with Gasteiger partial charge in [0.15, 0.2) is 0 Å². The average molecular weight is 453 g/mol. The minimum atomic E-state index is -0.235. The van der Waals surface area contributed by atoms with E-state index in [1.54, 1.807) is 12.1 Å². The van der Waals surface area contributed by atoms with Crippen molar-refractivity contribution < 1.29 is 4.39 Å². The van der Waals surface area contributed by atoms with Gasteiger partial charge < -0.3 is 15.3 Å². The zero-order valence-electron chi connectivity index (χ0n) is 19.8. The first-order chi connectivity index (χ1) is 16.5. The van der Waals surface area contributed by atoms with Gasteiger partial charge in [0.1, 0.15) is 5.82 Å². The number of hydrogen-bond donors (Lipinski definition) is 3. The van der Waals surface area contributed by atoms with Gasteiger partial charge in [-0.05, 0) is 78.4 Å². The Kier molecular flexibility index (Phi) is 5.03. The molecule has 0 saturated carbocycles. The highest BCUT2D eigenvalue weighted by Crippen LogP contribution is 2.45. The summed E-state index contributed by atoms with van der Waals surface area (Å²) in [5.74, 6) is 0.0223. The molecule has 0 unspecified atom stereocenters. The number of nitrogens with one attached hydrogen (secondary N) is 3. The average Bonchev–Trinajstić information content (AvgIpc) is 3.55. The third-order valence-electron chi connectivity index (χ3n) is 7.20. The number of benzene rings is 1. The Balaban J connectivity index is 1.55. The fraction of sp³-hybridized carbons (Fsp3) is 0.276. The van der Waals surface area contributed by atoms with Crippen LogP contribution in [0.25, 0.3) is 39.4 Å². The number of H-pyrrole nitrogens is 2. The van der Waals surface area contributed by atoms with Gasteiger partial charge in [0.05, 0.1) is 11.4 Å². The first-order valence-electron chi connectivity index (χ1n) is 12.1. The largest absolute Gasteiger partial charge is 0.361 e. The van der Waals surface area contributed by atoms with Crippen molar-refractivity contribution in [1.82, 2.24) is 20.3 Å². The van der Waals surface area contributed by atoms with Gasteiger partial charge in [-0.25, -0.2) is 4.39 Å². The number of allylic oxidation sites excluding steroid dienone is 1. The van der Waals surface area contributed by atoms with Crippen LogP contribution < -0.4 is 5.32 Å². The third kappa shape index (κ3) is 3.34. The Hall–Kier alpha value is -3.44. The van der Waals surface area contributed by atoms with E-state index in [9.17, 15) is 4.39 Å². The van der Waals surface area contributed by atoms with Gasteiger partial charge in [0.25, 0.3) is 0 Å². The van der Waals surface area contributed by atoms with Crippen molar-refractivity contribution in [2.45, 2.75) is 39.5 Å². The van der Waals surface area contributed by atoms with Crippen molar-refractivity contribution in [2.75, 3.05) is 13.1 Å². The second-order valence-electron chi connectivity index (χ2n) is 9.71. The number of fused-ring (bicyclic) bond motifs is 2. The zero-order chi connectivity index (χ0) is 23.4. The van der Waals surface area contributed by atoms with E-state index in [0.29, 0.717) is 0 Å². The Morgan fingerprint density at radius 1 is 1.09 bits per heavy atom. The van der Waals surface area contributed by atoms with Crippen molar-refractivity contribution >= 4 is 17.0 Å². The molecule has 2 aliphatic rings. The summed E-state index contributed by atoms with van der Waals surface area (Å²) in [6.07, 6.45) is 10.4. The normalized spacial score (nSPS) is 15.7. The summed E-state index contributed by atoms with van der Waals surface area (Å²) in [5.41, 5.74) is 12.6. The van der Waals surface area contributed by atoms with Crippen molar-refractivity contribution in [3.05, 3.63) is 82.2 Å². The standard InChI is InChI=1S/C29H29FN4/c1-16(2)27-28(17(3)34-29(27)24-14-20(30)15-26-21(24)6-10-33-26)22-7-11-32-25-13-19(12-23(22)25)18-4-8-31-9-5-18/h4,6-7,10-12,14-16,31,33-34H,5,8-9,13H2,1-3H3. The van der Waals surface area contributed by atoms with Crippen LogP contribution in [-0.4, -0.2) is 28.0 Å². The maximum atomic E-state index is 14.6. The number of pyridine rings is 1. The van der Waals surface area contributed by atoms with Gasteiger partial charge in [0, 0.05) is 58.6 Å². The molecular formula is C29H29FN4. The van der Waals surface area contributed by atoms with Crippen LogP contribution in [0.2, 0.25) is 0 Å². The van der Waals surface area contributed by atoms with Crippen molar-refractivity contribution in [3.8, 4) is 22.4 Å². The Morgan fingerprint density at radius 2 is 1.97 bits per heavy atom. The van der Waals surface area contributed by atoms with E-state index in [-0.39, 0.29) is 11.7 Å². The molecule has 4 nitrogen and oxygen atoms in total. The lowest BCUT2D eigenvalue weighted by Gasteiger charge is -2.15. The monoisotopic (exact) mass is 452 g/mol. The molecule has 4 aromatic rings. The first-order valence-corrected chi connectivity index (χ1v) is 12.1. The molecule has 5 heteroatoms. The number of hydrogen-bond acceptors (Lipinski definition) is 2. The highest BCUT2D eigenvalue weighted by molar-refractivity contribution is 5.97. The molecule has 0 spiro atoms. The molecule has 0 fully saturated rings. The topological polar surface area (TPSA) is 56.5 Å². The summed E-state index contributed by atoms with van der Waals surface area (Å²) in [4.78, 5) is 11.6. The van der Waals surface area contributed by atoms with Crippen LogP contribution in [0.3, 0.4) is 0 Å². The number of rotatable bonds is 4. The summed E-state index contributed by atoms with van der Waals surface area (Å²) in [7, 11) is 0. The summed E-state index contributed by atoms with van der Waals surface area (Å²) >= 11 is 0. The van der Waals surface area contributed by atoms with Crippen LogP contribution in [0, 0.1) is 12.7 Å². The molecule has 0 atom stereocenters. The fourth-order valence-corrected chi connectivity index (χ4v) is 5.68. The smallest absolute Gasteiger partial charge is 0.125 e. The van der Waals surface area contributed by atoms with Gasteiger partial charge >= 0.3 is 0 Å². The number of aromatic amines is 2. The van der Waals surface area contributed by atoms with E-state index in [1.165, 1.54) is 33.4 Å². The quantitative estimate of drug-likeness (QED) is 0.324. The minimum Gasteiger partial charge on any atom is -0.361 e. The van der Waals surface area contributed by atoms with Crippen LogP contribution in [0.1, 0.15) is 48.7 Å². The number of aromatic nitrogens is 3. The van der Waals surface area contributed by atoms with Crippen LogP contribution in [0.15, 0.2) is 53.9 Å². The summed E-state index contributed by atoms with van der Waals surface area (Å²) in [5, 5.41) is 4.43. The number of aryl methyl sites for hydroxylation is 1. The second-order valence-corrected chi connectivity index (χ2v) is 9.71. The van der Waals surface area contributed by atoms with Crippen LogP contribution in [0.5, 0.6) is 0 Å². The lowest BCUT2D eigenvalue weighted by atomic mass is 9.89. The van der Waals surface area contributed by atoms with Crippen molar-refractivity contribution in [3.63, 3.8) is 0 Å². The Morgan fingerprint density at radius 3 is 2.76 bits per heavy atom. The fourth-order valence-electron chi connectivity index (χ4n) is 5.68. The lowest BCUT2D eigenvalue weighted by molar-refractivity contribution is 0.630. The molecule has 1 aromatic carbocycles. The third-order valence-corrected chi connectivity index (χ3v) is 7.20. The van der Waals surface area contributed by atoms with Crippen LogP contribution >= 0.6 is 0 Å². The molecule has 3 aromatic heterocycles. The maximum absolute atomic E-state index is 14.6. The summed E-state index contributed by atoms with van der Waals surface area (Å²) in [6.45, 7) is 8.51. The number of nitrogens with zero attached hydrogens (tertiary/aromatic N) is 1.